The van der Waals surface area contributed by atoms with E-state index < -0.39 is 24.4 Å². The van der Waals surface area contributed by atoms with Crippen LogP contribution in [0.4, 0.5) is 5.69 Å². The summed E-state index contributed by atoms with van der Waals surface area (Å²) in [6.07, 6.45) is 0. The van der Waals surface area contributed by atoms with Crippen LogP contribution in [0.15, 0.2) is 42.5 Å². The van der Waals surface area contributed by atoms with Crippen molar-refractivity contribution in [2.45, 2.75) is 13.8 Å². The van der Waals surface area contributed by atoms with Crippen LogP contribution < -0.4 is 15.4 Å². The van der Waals surface area contributed by atoms with E-state index in [0.29, 0.717) is 17.0 Å². The van der Waals surface area contributed by atoms with Gasteiger partial charge in [-0.15, -0.1) is 0 Å². The average molecular weight is 370 g/mol. The summed E-state index contributed by atoms with van der Waals surface area (Å²) in [5, 5.41) is 5.13. The van der Waals surface area contributed by atoms with Gasteiger partial charge in [-0.25, -0.2) is 0 Å². The Kier molecular flexibility index (Phi) is 6.93. The number of ether oxygens (including phenoxy) is 2. The predicted octanol–water partition coefficient (Wildman–Crippen LogP) is 2.22. The largest absolute Gasteiger partial charge is 0.497 e. The second kappa shape index (κ2) is 9.38. The lowest BCUT2D eigenvalue weighted by Gasteiger charge is -2.10. The molecule has 2 N–H and O–H groups in total. The molecule has 0 atom stereocenters. The van der Waals surface area contributed by atoms with Gasteiger partial charge in [0.2, 0.25) is 0 Å². The minimum absolute atomic E-state index is 0.332. The van der Waals surface area contributed by atoms with E-state index in [1.165, 1.54) is 7.11 Å². The second-order valence-electron chi connectivity index (χ2n) is 5.94. The molecule has 0 saturated heterocycles. The molecule has 27 heavy (non-hydrogen) atoms. The van der Waals surface area contributed by atoms with E-state index in [1.54, 1.807) is 24.3 Å². The number of methoxy groups -OCH3 is 1. The molecule has 0 heterocycles. The van der Waals surface area contributed by atoms with Crippen LogP contribution in [-0.4, -0.2) is 38.0 Å². The van der Waals surface area contributed by atoms with E-state index in [-0.39, 0.29) is 6.54 Å². The fourth-order valence-corrected chi connectivity index (χ4v) is 2.25. The lowest BCUT2D eigenvalue weighted by molar-refractivity contribution is -0.146. The summed E-state index contributed by atoms with van der Waals surface area (Å²) in [5.41, 5.74) is 2.97. The summed E-state index contributed by atoms with van der Waals surface area (Å²) in [5.74, 6) is -0.943. The van der Waals surface area contributed by atoms with Gasteiger partial charge in [-0.2, -0.15) is 0 Å². The van der Waals surface area contributed by atoms with Gasteiger partial charge in [0.15, 0.2) is 6.61 Å². The molecule has 7 nitrogen and oxygen atoms in total. The Balaban J connectivity index is 1.75. The topological polar surface area (TPSA) is 93.7 Å². The maximum Gasteiger partial charge on any atom is 0.325 e. The fraction of sp³-hybridized carbons (Fsp3) is 0.250. The van der Waals surface area contributed by atoms with Gasteiger partial charge in [0.25, 0.3) is 11.8 Å². The van der Waals surface area contributed by atoms with Crippen LogP contribution in [0.5, 0.6) is 5.75 Å². The number of carbonyl (C=O) groups excluding carboxylic acids is 3. The fourth-order valence-electron chi connectivity index (χ4n) is 2.25. The van der Waals surface area contributed by atoms with Gasteiger partial charge in [-0.3, -0.25) is 14.4 Å². The lowest BCUT2D eigenvalue weighted by atomic mass is 10.1. The third-order valence-corrected chi connectivity index (χ3v) is 3.78. The van der Waals surface area contributed by atoms with Gasteiger partial charge < -0.3 is 20.1 Å². The van der Waals surface area contributed by atoms with Crippen molar-refractivity contribution < 1.29 is 23.9 Å². The molecule has 0 aliphatic rings. The van der Waals surface area contributed by atoms with Crippen LogP contribution in [0, 0.1) is 13.8 Å². The highest BCUT2D eigenvalue weighted by Crippen LogP contribution is 2.16. The number of hydrogen-bond donors (Lipinski definition) is 2. The van der Waals surface area contributed by atoms with Crippen molar-refractivity contribution in [3.05, 3.63) is 59.2 Å². The first-order chi connectivity index (χ1) is 12.9. The zero-order valence-electron chi connectivity index (χ0n) is 15.5. The number of rotatable bonds is 7. The maximum absolute atomic E-state index is 12.0. The molecule has 0 aliphatic carbocycles. The van der Waals surface area contributed by atoms with Crippen LogP contribution in [0.2, 0.25) is 0 Å². The predicted molar refractivity (Wildman–Crippen MR) is 101 cm³/mol. The maximum atomic E-state index is 12.0. The molecule has 0 spiro atoms. The third kappa shape index (κ3) is 6.14. The van der Waals surface area contributed by atoms with Gasteiger partial charge in [-0.05, 0) is 55.3 Å². The van der Waals surface area contributed by atoms with Crippen LogP contribution in [-0.2, 0) is 14.3 Å². The average Bonchev–Trinajstić information content (AvgIpc) is 2.67. The van der Waals surface area contributed by atoms with Crippen molar-refractivity contribution in [3.8, 4) is 5.75 Å². The third-order valence-electron chi connectivity index (χ3n) is 3.78. The highest BCUT2D eigenvalue weighted by molar-refractivity contribution is 5.96. The minimum atomic E-state index is -0.701. The first kappa shape index (κ1) is 20.0. The Morgan fingerprint density at radius 2 is 1.70 bits per heavy atom. The molecular weight excluding hydrogens is 348 g/mol. The first-order valence-corrected chi connectivity index (χ1v) is 8.34. The number of esters is 1. The van der Waals surface area contributed by atoms with Crippen molar-refractivity contribution in [2.24, 2.45) is 0 Å². The highest BCUT2D eigenvalue weighted by Gasteiger charge is 2.12. The Bertz CT molecular complexity index is 831. The van der Waals surface area contributed by atoms with Crippen LogP contribution >= 0.6 is 0 Å². The summed E-state index contributed by atoms with van der Waals surface area (Å²) in [4.78, 5) is 35.6. The van der Waals surface area contributed by atoms with Crippen molar-refractivity contribution in [3.63, 3.8) is 0 Å². The van der Waals surface area contributed by atoms with Gasteiger partial charge in [0.05, 0.1) is 7.11 Å². The molecule has 2 aromatic carbocycles. The summed E-state index contributed by atoms with van der Waals surface area (Å²) in [6, 6.07) is 12.1. The molecule has 0 saturated carbocycles. The molecule has 0 bridgehead atoms. The van der Waals surface area contributed by atoms with Gasteiger partial charge in [0.1, 0.15) is 12.3 Å². The molecule has 2 aromatic rings. The summed E-state index contributed by atoms with van der Waals surface area (Å²) < 4.78 is 9.90. The number of aryl methyl sites for hydroxylation is 2. The van der Waals surface area contributed by atoms with Crippen molar-refractivity contribution >= 4 is 23.5 Å². The normalized spacial score (nSPS) is 10.0. The smallest absolute Gasteiger partial charge is 0.325 e. The molecule has 0 fully saturated rings. The van der Waals surface area contributed by atoms with E-state index in [9.17, 15) is 14.4 Å². The van der Waals surface area contributed by atoms with Crippen molar-refractivity contribution in [1.29, 1.82) is 0 Å². The zero-order chi connectivity index (χ0) is 19.8. The van der Waals surface area contributed by atoms with E-state index in [2.05, 4.69) is 10.6 Å². The standard InChI is InChI=1S/C20H22N2O5/c1-13-4-5-14(2)17(10-13)22-18(23)12-27-19(24)11-21-20(25)15-6-8-16(26-3)9-7-15/h4-10H,11-12H2,1-3H3,(H,21,25)(H,22,23). The van der Waals surface area contributed by atoms with Crippen molar-refractivity contribution in [1.82, 2.24) is 5.32 Å². The number of benzene rings is 2. The molecule has 0 unspecified atom stereocenters. The van der Waals surface area contributed by atoms with Crippen LogP contribution in [0.1, 0.15) is 21.5 Å². The molecule has 7 heteroatoms. The number of nitrogens with one attached hydrogen (secondary N) is 2. The van der Waals surface area contributed by atoms with E-state index >= 15 is 0 Å². The van der Waals surface area contributed by atoms with Gasteiger partial charge in [0, 0.05) is 11.3 Å². The molecule has 2 rings (SSSR count). The summed E-state index contributed by atoms with van der Waals surface area (Å²) >= 11 is 0. The van der Waals surface area contributed by atoms with E-state index in [4.69, 9.17) is 9.47 Å². The molecule has 0 radical (unpaired) electrons. The quantitative estimate of drug-likeness (QED) is 0.729. The highest BCUT2D eigenvalue weighted by atomic mass is 16.5. The first-order valence-electron chi connectivity index (χ1n) is 8.34. The zero-order valence-corrected chi connectivity index (χ0v) is 15.5. The summed E-state index contributed by atoms with van der Waals surface area (Å²) in [6.45, 7) is 3.03. The van der Waals surface area contributed by atoms with E-state index in [0.717, 1.165) is 11.1 Å². The Labute approximate surface area is 157 Å². The Morgan fingerprint density at radius 3 is 2.37 bits per heavy atom. The number of carbonyl (C=O) groups is 3. The van der Waals surface area contributed by atoms with Crippen LogP contribution in [0.25, 0.3) is 0 Å². The SMILES string of the molecule is COc1ccc(C(=O)NCC(=O)OCC(=O)Nc2cc(C)ccc2C)cc1. The summed E-state index contributed by atoms with van der Waals surface area (Å²) in [7, 11) is 1.53. The number of amides is 2. The Hall–Kier alpha value is -3.35. The molecule has 0 aromatic heterocycles. The molecule has 0 aliphatic heterocycles. The monoisotopic (exact) mass is 370 g/mol. The second-order valence-corrected chi connectivity index (χ2v) is 5.94. The lowest BCUT2D eigenvalue weighted by Crippen LogP contribution is -2.32. The molecule has 2 amide bonds. The van der Waals surface area contributed by atoms with Crippen LogP contribution in [0.3, 0.4) is 0 Å². The molecule has 142 valence electrons. The van der Waals surface area contributed by atoms with Gasteiger partial charge in [-0.1, -0.05) is 12.1 Å². The number of anilines is 1. The number of hydrogen-bond acceptors (Lipinski definition) is 5. The van der Waals surface area contributed by atoms with Gasteiger partial charge >= 0.3 is 5.97 Å². The molecular formula is C20H22N2O5. The van der Waals surface area contributed by atoms with E-state index in [1.807, 2.05) is 32.0 Å². The van der Waals surface area contributed by atoms with Crippen molar-refractivity contribution in [2.75, 3.05) is 25.6 Å². The minimum Gasteiger partial charge on any atom is -0.497 e. The Morgan fingerprint density at radius 1 is 1.00 bits per heavy atom.